The van der Waals surface area contributed by atoms with E-state index in [9.17, 15) is 14.4 Å². The van der Waals surface area contributed by atoms with Crippen LogP contribution in [-0.4, -0.2) is 53.5 Å². The highest BCUT2D eigenvalue weighted by atomic mass is 16.3. The average molecular weight is 257 g/mol. The molecular weight excluding hydrogens is 238 g/mol. The number of carbonyl (C=O) groups is 3. The molecule has 0 aromatic rings. The lowest BCUT2D eigenvalue weighted by molar-refractivity contribution is -0.147. The Balaban J connectivity index is 2.40. The second kappa shape index (κ2) is 6.34. The predicted octanol–water partition coefficient (Wildman–Crippen LogP) is -1.79. The molecule has 1 rings (SSSR count). The number of hydrogen-bond donors (Lipinski definition) is 3. The lowest BCUT2D eigenvalue weighted by atomic mass is 9.96. The molecule has 7 nitrogen and oxygen atoms in total. The van der Waals surface area contributed by atoms with E-state index in [0.29, 0.717) is 25.9 Å². The number of nitrogens with one attached hydrogen (secondary N) is 1. The van der Waals surface area contributed by atoms with Crippen LogP contribution in [0.25, 0.3) is 0 Å². The van der Waals surface area contributed by atoms with Gasteiger partial charge in [-0.25, -0.2) is 0 Å². The third kappa shape index (κ3) is 3.99. The van der Waals surface area contributed by atoms with Crippen LogP contribution >= 0.6 is 0 Å². The topological polar surface area (TPSA) is 113 Å². The molecule has 0 radical (unpaired) electrons. The molecule has 0 aromatic carbocycles. The number of carbonyl (C=O) groups excluding carboxylic acids is 3. The van der Waals surface area contributed by atoms with Gasteiger partial charge >= 0.3 is 11.8 Å². The van der Waals surface area contributed by atoms with Crippen LogP contribution in [0.2, 0.25) is 0 Å². The first-order valence-electron chi connectivity index (χ1n) is 5.96. The summed E-state index contributed by atoms with van der Waals surface area (Å²) >= 11 is 0. The van der Waals surface area contributed by atoms with Gasteiger partial charge in [0.1, 0.15) is 0 Å². The molecule has 4 N–H and O–H groups in total. The van der Waals surface area contributed by atoms with Gasteiger partial charge in [0.15, 0.2) is 0 Å². The first kappa shape index (κ1) is 14.4. The molecule has 1 aliphatic heterocycles. The van der Waals surface area contributed by atoms with E-state index >= 15 is 0 Å². The minimum Gasteiger partial charge on any atom is -0.392 e. The summed E-state index contributed by atoms with van der Waals surface area (Å²) in [6.45, 7) is 2.27. The van der Waals surface area contributed by atoms with E-state index in [1.165, 1.54) is 11.8 Å². The number of rotatable bonds is 3. The van der Waals surface area contributed by atoms with Crippen molar-refractivity contribution >= 4 is 17.7 Å². The molecule has 3 amide bonds. The van der Waals surface area contributed by atoms with Crippen LogP contribution in [0.4, 0.5) is 0 Å². The van der Waals surface area contributed by atoms with Crippen LogP contribution in [-0.2, 0) is 14.4 Å². The van der Waals surface area contributed by atoms with Crippen LogP contribution in [0.3, 0.4) is 0 Å². The fraction of sp³-hybridized carbons (Fsp3) is 0.727. The zero-order valence-corrected chi connectivity index (χ0v) is 10.4. The molecule has 1 aliphatic rings. The molecule has 102 valence electrons. The van der Waals surface area contributed by atoms with Crippen LogP contribution in [0.15, 0.2) is 0 Å². The molecule has 18 heavy (non-hydrogen) atoms. The van der Waals surface area contributed by atoms with Gasteiger partial charge in [0.2, 0.25) is 5.91 Å². The molecule has 1 unspecified atom stereocenters. The zero-order valence-electron chi connectivity index (χ0n) is 10.4. The smallest absolute Gasteiger partial charge is 0.311 e. The Bertz CT molecular complexity index is 335. The van der Waals surface area contributed by atoms with Crippen molar-refractivity contribution in [3.8, 4) is 0 Å². The van der Waals surface area contributed by atoms with Gasteiger partial charge in [-0.3, -0.25) is 14.4 Å². The quantitative estimate of drug-likeness (QED) is 0.518. The van der Waals surface area contributed by atoms with Crippen LogP contribution in [0, 0.1) is 5.92 Å². The van der Waals surface area contributed by atoms with Crippen molar-refractivity contribution in [1.29, 1.82) is 0 Å². The van der Waals surface area contributed by atoms with E-state index in [1.54, 1.807) is 0 Å². The van der Waals surface area contributed by atoms with Crippen molar-refractivity contribution in [2.75, 3.05) is 19.6 Å². The summed E-state index contributed by atoms with van der Waals surface area (Å²) in [5.74, 6) is -1.93. The number of piperidine rings is 1. The maximum atomic E-state index is 11.7. The Morgan fingerprint density at radius 2 is 1.94 bits per heavy atom. The minimum absolute atomic E-state index is 0.0440. The van der Waals surface area contributed by atoms with E-state index in [-0.39, 0.29) is 18.4 Å². The SMILES string of the molecule is CC(O)CNC(=O)C(=O)N1CCC(C(N)=O)CC1. The van der Waals surface area contributed by atoms with Crippen LogP contribution in [0.1, 0.15) is 19.8 Å². The van der Waals surface area contributed by atoms with Gasteiger partial charge in [-0.1, -0.05) is 0 Å². The number of hydrogen-bond acceptors (Lipinski definition) is 4. The van der Waals surface area contributed by atoms with E-state index in [0.717, 1.165) is 0 Å². The molecular formula is C11H19N3O4. The van der Waals surface area contributed by atoms with Gasteiger partial charge in [-0.2, -0.15) is 0 Å². The second-order valence-electron chi connectivity index (χ2n) is 4.53. The van der Waals surface area contributed by atoms with Crippen molar-refractivity contribution < 1.29 is 19.5 Å². The molecule has 1 fully saturated rings. The van der Waals surface area contributed by atoms with Gasteiger partial charge in [0.05, 0.1) is 6.10 Å². The number of aliphatic hydroxyl groups excluding tert-OH is 1. The Labute approximate surface area is 105 Å². The highest BCUT2D eigenvalue weighted by molar-refractivity contribution is 6.35. The zero-order chi connectivity index (χ0) is 13.7. The first-order valence-corrected chi connectivity index (χ1v) is 5.96. The molecule has 0 aliphatic carbocycles. The van der Waals surface area contributed by atoms with E-state index in [2.05, 4.69) is 5.32 Å². The Morgan fingerprint density at radius 1 is 1.39 bits per heavy atom. The number of likely N-dealkylation sites (tertiary alicyclic amines) is 1. The summed E-state index contributed by atoms with van der Waals surface area (Å²) in [7, 11) is 0. The summed E-state index contributed by atoms with van der Waals surface area (Å²) in [6.07, 6.45) is 0.289. The van der Waals surface area contributed by atoms with Gasteiger partial charge < -0.3 is 21.1 Å². The van der Waals surface area contributed by atoms with Crippen molar-refractivity contribution in [1.82, 2.24) is 10.2 Å². The average Bonchev–Trinajstić information content (AvgIpc) is 2.35. The maximum Gasteiger partial charge on any atom is 0.311 e. The fourth-order valence-electron chi connectivity index (χ4n) is 1.83. The van der Waals surface area contributed by atoms with Gasteiger partial charge in [0.25, 0.3) is 0 Å². The maximum absolute atomic E-state index is 11.7. The van der Waals surface area contributed by atoms with Crippen molar-refractivity contribution in [3.05, 3.63) is 0 Å². The Kier molecular flexibility index (Phi) is 5.08. The van der Waals surface area contributed by atoms with Crippen molar-refractivity contribution in [2.45, 2.75) is 25.9 Å². The molecule has 7 heteroatoms. The predicted molar refractivity (Wildman–Crippen MR) is 63.2 cm³/mol. The summed E-state index contributed by atoms with van der Waals surface area (Å²) in [4.78, 5) is 35.5. The molecule has 1 saturated heterocycles. The third-order valence-electron chi connectivity index (χ3n) is 2.94. The van der Waals surface area contributed by atoms with Crippen LogP contribution < -0.4 is 11.1 Å². The van der Waals surface area contributed by atoms with Gasteiger partial charge in [0, 0.05) is 25.6 Å². The molecule has 1 atom stereocenters. The summed E-state index contributed by atoms with van der Waals surface area (Å²) in [6, 6.07) is 0. The summed E-state index contributed by atoms with van der Waals surface area (Å²) in [5.41, 5.74) is 5.18. The number of aliphatic hydroxyl groups is 1. The summed E-state index contributed by atoms with van der Waals surface area (Å²) in [5, 5.41) is 11.3. The molecule has 0 bridgehead atoms. The number of nitrogens with zero attached hydrogens (tertiary/aromatic N) is 1. The summed E-state index contributed by atoms with van der Waals surface area (Å²) < 4.78 is 0. The van der Waals surface area contributed by atoms with Gasteiger partial charge in [-0.05, 0) is 19.8 Å². The van der Waals surface area contributed by atoms with Crippen LogP contribution in [0.5, 0.6) is 0 Å². The Morgan fingerprint density at radius 3 is 2.39 bits per heavy atom. The van der Waals surface area contributed by atoms with E-state index in [1.807, 2.05) is 0 Å². The lowest BCUT2D eigenvalue weighted by Crippen LogP contribution is -2.48. The lowest BCUT2D eigenvalue weighted by Gasteiger charge is -2.30. The number of primary amides is 1. The molecule has 0 aromatic heterocycles. The fourth-order valence-corrected chi connectivity index (χ4v) is 1.83. The molecule has 1 heterocycles. The van der Waals surface area contributed by atoms with Gasteiger partial charge in [-0.15, -0.1) is 0 Å². The minimum atomic E-state index is -0.728. The third-order valence-corrected chi connectivity index (χ3v) is 2.94. The normalized spacial score (nSPS) is 18.2. The van der Waals surface area contributed by atoms with Crippen molar-refractivity contribution in [3.63, 3.8) is 0 Å². The molecule has 0 spiro atoms. The Hall–Kier alpha value is -1.63. The van der Waals surface area contributed by atoms with E-state index < -0.39 is 17.9 Å². The van der Waals surface area contributed by atoms with Crippen molar-refractivity contribution in [2.24, 2.45) is 11.7 Å². The monoisotopic (exact) mass is 257 g/mol. The second-order valence-corrected chi connectivity index (χ2v) is 4.53. The highest BCUT2D eigenvalue weighted by Crippen LogP contribution is 2.16. The number of nitrogens with two attached hydrogens (primary N) is 1. The highest BCUT2D eigenvalue weighted by Gasteiger charge is 2.28. The first-order chi connectivity index (χ1) is 8.41. The largest absolute Gasteiger partial charge is 0.392 e. The number of amides is 3. The van der Waals surface area contributed by atoms with E-state index in [4.69, 9.17) is 10.8 Å². The standard InChI is InChI=1S/C11H19N3O4/c1-7(15)6-13-10(17)11(18)14-4-2-8(3-5-14)9(12)16/h7-8,15H,2-6H2,1H3,(H2,12,16)(H,13,17). The molecule has 0 saturated carbocycles.